The Morgan fingerprint density at radius 3 is 1.76 bits per heavy atom. The molecule has 3 heteroatoms. The van der Waals surface area contributed by atoms with E-state index < -0.39 is 0 Å². The van der Waals surface area contributed by atoms with Crippen LogP contribution in [0.3, 0.4) is 0 Å². The Kier molecular flexibility index (Phi) is 7.17. The molecule has 2 heterocycles. The fourth-order valence-electron chi connectivity index (χ4n) is 8.30. The van der Waals surface area contributed by atoms with Crippen molar-refractivity contribution in [3.8, 4) is 50.7 Å². The summed E-state index contributed by atoms with van der Waals surface area (Å²) in [5, 5.41) is 9.98. The standard InChI is InChI=1S/C52H33N3/c1-3-12-36(13-4-1)52-53-48(33-49(54-52)40-27-29-51-47(32-40)45-18-9-10-21-50(45)55(51)41-16-5-2-6-17-41)35-24-22-34(23-25-35)42-19-11-20-43-44(42)28-26-39-30-37-14-7-8-15-38(37)31-46(39)43/h1-33H. The molecule has 0 radical (unpaired) electrons. The van der Waals surface area contributed by atoms with Crippen molar-refractivity contribution in [3.63, 3.8) is 0 Å². The van der Waals surface area contributed by atoms with Crippen LogP contribution in [-0.4, -0.2) is 14.5 Å². The maximum atomic E-state index is 5.18. The Morgan fingerprint density at radius 1 is 0.309 bits per heavy atom. The average molecular weight is 700 g/mol. The SMILES string of the molecule is c1ccc(-c2nc(-c3ccc(-c4cccc5c4ccc4cc6ccccc6cc45)cc3)cc(-c3ccc4c(c3)c3ccccc3n4-c3ccccc3)n2)cc1. The zero-order valence-corrected chi connectivity index (χ0v) is 29.9. The lowest BCUT2D eigenvalue weighted by Gasteiger charge is -2.12. The van der Waals surface area contributed by atoms with Gasteiger partial charge in [0, 0.05) is 33.2 Å². The average Bonchev–Trinajstić information content (AvgIpc) is 3.59. The van der Waals surface area contributed by atoms with Crippen molar-refractivity contribution in [1.29, 1.82) is 0 Å². The molecule has 0 aliphatic rings. The van der Waals surface area contributed by atoms with Gasteiger partial charge >= 0.3 is 0 Å². The summed E-state index contributed by atoms with van der Waals surface area (Å²) in [6.45, 7) is 0. The van der Waals surface area contributed by atoms with Gasteiger partial charge in [-0.2, -0.15) is 0 Å². The Labute approximate surface area is 318 Å². The van der Waals surface area contributed by atoms with Gasteiger partial charge in [0.05, 0.1) is 22.4 Å². The fraction of sp³-hybridized carbons (Fsp3) is 0. The highest BCUT2D eigenvalue weighted by atomic mass is 15.0. The van der Waals surface area contributed by atoms with E-state index in [4.69, 9.17) is 9.97 Å². The first kappa shape index (κ1) is 31.2. The number of nitrogens with zero attached hydrogens (tertiary/aromatic N) is 3. The molecule has 11 aromatic rings. The lowest BCUT2D eigenvalue weighted by Crippen LogP contribution is -1.96. The highest BCUT2D eigenvalue weighted by molar-refractivity contribution is 6.15. The van der Waals surface area contributed by atoms with E-state index in [9.17, 15) is 0 Å². The van der Waals surface area contributed by atoms with E-state index in [0.717, 1.165) is 33.8 Å². The zero-order chi connectivity index (χ0) is 36.3. The third-order valence-corrected chi connectivity index (χ3v) is 11.0. The van der Waals surface area contributed by atoms with Crippen LogP contribution in [0, 0.1) is 0 Å². The molecule has 2 aromatic heterocycles. The quantitative estimate of drug-likeness (QED) is 0.132. The van der Waals surface area contributed by atoms with Crippen molar-refractivity contribution in [2.24, 2.45) is 0 Å². The van der Waals surface area contributed by atoms with Gasteiger partial charge in [0.2, 0.25) is 0 Å². The van der Waals surface area contributed by atoms with Crippen LogP contribution in [-0.2, 0) is 0 Å². The van der Waals surface area contributed by atoms with Gasteiger partial charge in [-0.3, -0.25) is 0 Å². The minimum atomic E-state index is 0.706. The maximum Gasteiger partial charge on any atom is 0.160 e. The molecule has 0 atom stereocenters. The molecule has 0 N–H and O–H groups in total. The van der Waals surface area contributed by atoms with Crippen LogP contribution in [0.5, 0.6) is 0 Å². The minimum Gasteiger partial charge on any atom is -0.309 e. The van der Waals surface area contributed by atoms with E-state index >= 15 is 0 Å². The smallest absolute Gasteiger partial charge is 0.160 e. The zero-order valence-electron chi connectivity index (χ0n) is 29.9. The topological polar surface area (TPSA) is 30.7 Å². The number of rotatable bonds is 5. The molecule has 9 aromatic carbocycles. The number of hydrogen-bond donors (Lipinski definition) is 0. The normalized spacial score (nSPS) is 11.6. The van der Waals surface area contributed by atoms with Gasteiger partial charge in [0.25, 0.3) is 0 Å². The number of fused-ring (bicyclic) bond motifs is 7. The third-order valence-electron chi connectivity index (χ3n) is 11.0. The van der Waals surface area contributed by atoms with Gasteiger partial charge in [-0.25, -0.2) is 9.97 Å². The molecule has 0 saturated carbocycles. The molecule has 0 bridgehead atoms. The molecule has 11 rings (SSSR count). The summed E-state index contributed by atoms with van der Waals surface area (Å²) < 4.78 is 2.34. The summed E-state index contributed by atoms with van der Waals surface area (Å²) in [4.78, 5) is 10.3. The Hall–Kier alpha value is -7.36. The summed E-state index contributed by atoms with van der Waals surface area (Å²) in [7, 11) is 0. The number of benzene rings is 9. The second-order valence-corrected chi connectivity index (χ2v) is 14.2. The van der Waals surface area contributed by atoms with Crippen molar-refractivity contribution in [2.75, 3.05) is 0 Å². The van der Waals surface area contributed by atoms with Crippen molar-refractivity contribution in [1.82, 2.24) is 14.5 Å². The van der Waals surface area contributed by atoms with Gasteiger partial charge in [-0.05, 0) is 92.0 Å². The van der Waals surface area contributed by atoms with Gasteiger partial charge in [-0.15, -0.1) is 0 Å². The molecular formula is C52H33N3. The van der Waals surface area contributed by atoms with E-state index in [1.54, 1.807) is 0 Å². The molecule has 0 spiro atoms. The first-order valence-electron chi connectivity index (χ1n) is 18.7. The first-order valence-corrected chi connectivity index (χ1v) is 18.7. The van der Waals surface area contributed by atoms with Crippen LogP contribution in [0.25, 0.3) is 105 Å². The van der Waals surface area contributed by atoms with Crippen molar-refractivity contribution in [3.05, 3.63) is 200 Å². The Bertz CT molecular complexity index is 3230. The number of aromatic nitrogens is 3. The number of hydrogen-bond acceptors (Lipinski definition) is 2. The highest BCUT2D eigenvalue weighted by Gasteiger charge is 2.16. The number of para-hydroxylation sites is 2. The van der Waals surface area contributed by atoms with Crippen LogP contribution in [0.2, 0.25) is 0 Å². The van der Waals surface area contributed by atoms with E-state index in [1.165, 1.54) is 65.3 Å². The van der Waals surface area contributed by atoms with Gasteiger partial charge in [-0.1, -0.05) is 152 Å². The molecule has 3 nitrogen and oxygen atoms in total. The third kappa shape index (κ3) is 5.28. The lowest BCUT2D eigenvalue weighted by atomic mass is 9.93. The van der Waals surface area contributed by atoms with Crippen LogP contribution < -0.4 is 0 Å². The summed E-state index contributed by atoms with van der Waals surface area (Å²) in [5.41, 5.74) is 10.7. The summed E-state index contributed by atoms with van der Waals surface area (Å²) >= 11 is 0. The van der Waals surface area contributed by atoms with Crippen LogP contribution >= 0.6 is 0 Å². The fourth-order valence-corrected chi connectivity index (χ4v) is 8.30. The van der Waals surface area contributed by atoms with Crippen LogP contribution in [0.15, 0.2) is 200 Å². The summed E-state index contributed by atoms with van der Waals surface area (Å²) in [5.74, 6) is 0.706. The van der Waals surface area contributed by atoms with Crippen LogP contribution in [0.1, 0.15) is 0 Å². The van der Waals surface area contributed by atoms with E-state index in [2.05, 4.69) is 187 Å². The van der Waals surface area contributed by atoms with Gasteiger partial charge in [0.1, 0.15) is 0 Å². The molecule has 0 aliphatic heterocycles. The van der Waals surface area contributed by atoms with E-state index in [-0.39, 0.29) is 0 Å². The molecule has 0 unspecified atom stereocenters. The molecular weight excluding hydrogens is 667 g/mol. The Morgan fingerprint density at radius 2 is 0.945 bits per heavy atom. The monoisotopic (exact) mass is 699 g/mol. The lowest BCUT2D eigenvalue weighted by molar-refractivity contribution is 1.18. The predicted molar refractivity (Wildman–Crippen MR) is 231 cm³/mol. The summed E-state index contributed by atoms with van der Waals surface area (Å²) in [6, 6.07) is 71.6. The van der Waals surface area contributed by atoms with Crippen molar-refractivity contribution in [2.45, 2.75) is 0 Å². The second-order valence-electron chi connectivity index (χ2n) is 14.2. The highest BCUT2D eigenvalue weighted by Crippen LogP contribution is 2.38. The minimum absolute atomic E-state index is 0.706. The predicted octanol–water partition coefficient (Wildman–Crippen LogP) is 13.7. The van der Waals surface area contributed by atoms with Gasteiger partial charge in [0.15, 0.2) is 5.82 Å². The largest absolute Gasteiger partial charge is 0.309 e. The molecule has 0 aliphatic carbocycles. The Balaban J connectivity index is 1.03. The molecule has 0 saturated heterocycles. The second kappa shape index (κ2) is 12.6. The van der Waals surface area contributed by atoms with Crippen molar-refractivity contribution >= 4 is 54.1 Å². The molecule has 0 amide bonds. The molecule has 0 fully saturated rings. The maximum absolute atomic E-state index is 5.18. The molecule has 55 heavy (non-hydrogen) atoms. The molecule has 256 valence electrons. The first-order chi connectivity index (χ1) is 27.2. The van der Waals surface area contributed by atoms with Crippen molar-refractivity contribution < 1.29 is 0 Å². The summed E-state index contributed by atoms with van der Waals surface area (Å²) in [6.07, 6.45) is 0. The van der Waals surface area contributed by atoms with E-state index in [0.29, 0.717) is 5.82 Å². The van der Waals surface area contributed by atoms with E-state index in [1.807, 2.05) is 18.2 Å². The van der Waals surface area contributed by atoms with Crippen LogP contribution in [0.4, 0.5) is 0 Å². The van der Waals surface area contributed by atoms with Gasteiger partial charge < -0.3 is 4.57 Å².